The highest BCUT2D eigenvalue weighted by Crippen LogP contribution is 2.43. The second-order valence-corrected chi connectivity index (χ2v) is 12.3. The number of ether oxygens (including phenoxy) is 3. The second kappa shape index (κ2) is 15.3. The van der Waals surface area contributed by atoms with E-state index in [1.165, 1.54) is 30.4 Å². The second-order valence-electron chi connectivity index (χ2n) is 12.3. The molecule has 0 amide bonds. The molecule has 0 aliphatic carbocycles. The zero-order valence-electron chi connectivity index (χ0n) is 27.7. The van der Waals surface area contributed by atoms with Crippen molar-refractivity contribution in [3.63, 3.8) is 0 Å². The van der Waals surface area contributed by atoms with Gasteiger partial charge in [0.15, 0.2) is 0 Å². The molecule has 0 aromatic heterocycles. The molecule has 1 N–H and O–H groups in total. The van der Waals surface area contributed by atoms with Gasteiger partial charge < -0.3 is 24.4 Å². The number of carbonyl (C=O) groups is 2. The first-order valence-electron chi connectivity index (χ1n) is 16.2. The SMILES string of the molecule is COC(=O)C1=C(C)NC(C)=C(C(=O)OCCCN2CCC(c3ccccc3)(c3ccccc3)CC2)C1c1cccc(OC(F)(F)C(F)F)c1. The molecule has 1 unspecified atom stereocenters. The van der Waals surface area contributed by atoms with E-state index in [1.54, 1.807) is 13.8 Å². The molecular formula is C38H40F4N2O5. The summed E-state index contributed by atoms with van der Waals surface area (Å²) >= 11 is 0. The first-order chi connectivity index (χ1) is 23.5. The Morgan fingerprint density at radius 1 is 0.878 bits per heavy atom. The van der Waals surface area contributed by atoms with Gasteiger partial charge in [0.05, 0.1) is 30.8 Å². The van der Waals surface area contributed by atoms with Gasteiger partial charge >= 0.3 is 24.5 Å². The molecule has 7 nitrogen and oxygen atoms in total. The fraction of sp³-hybridized carbons (Fsp3) is 0.368. The molecule has 1 fully saturated rings. The number of carbonyl (C=O) groups excluding carboxylic acids is 2. The van der Waals surface area contributed by atoms with Crippen molar-refractivity contribution in [1.82, 2.24) is 10.2 Å². The summed E-state index contributed by atoms with van der Waals surface area (Å²) in [5, 5.41) is 3.02. The molecule has 0 saturated carbocycles. The maximum absolute atomic E-state index is 13.7. The molecule has 3 aromatic rings. The van der Waals surface area contributed by atoms with Crippen LogP contribution in [0.3, 0.4) is 0 Å². The van der Waals surface area contributed by atoms with E-state index in [9.17, 15) is 27.2 Å². The zero-order chi connectivity index (χ0) is 35.2. The predicted octanol–water partition coefficient (Wildman–Crippen LogP) is 7.35. The van der Waals surface area contributed by atoms with Crippen molar-refractivity contribution in [2.75, 3.05) is 33.4 Å². The largest absolute Gasteiger partial charge is 0.466 e. The van der Waals surface area contributed by atoms with Gasteiger partial charge in [-0.1, -0.05) is 72.8 Å². The fourth-order valence-corrected chi connectivity index (χ4v) is 6.89. The third-order valence-electron chi connectivity index (χ3n) is 9.30. The van der Waals surface area contributed by atoms with Gasteiger partial charge in [-0.05, 0) is 75.0 Å². The minimum Gasteiger partial charge on any atom is -0.466 e. The van der Waals surface area contributed by atoms with Crippen molar-refractivity contribution in [2.45, 2.75) is 57.0 Å². The Kier molecular flexibility index (Phi) is 11.1. The Labute approximate surface area is 283 Å². The molecular weight excluding hydrogens is 640 g/mol. The van der Waals surface area contributed by atoms with Crippen LogP contribution >= 0.6 is 0 Å². The van der Waals surface area contributed by atoms with Crippen LogP contribution in [-0.2, 0) is 24.5 Å². The molecule has 0 bridgehead atoms. The minimum absolute atomic E-state index is 0.0476. The van der Waals surface area contributed by atoms with Crippen molar-refractivity contribution in [3.8, 4) is 5.75 Å². The third-order valence-corrected chi connectivity index (χ3v) is 9.30. The predicted molar refractivity (Wildman–Crippen MR) is 176 cm³/mol. The number of esters is 2. The van der Waals surface area contributed by atoms with Crippen LogP contribution in [0.15, 0.2) is 107 Å². The monoisotopic (exact) mass is 680 g/mol. The molecule has 11 heteroatoms. The number of dihydropyridines is 1. The topological polar surface area (TPSA) is 77.1 Å². The van der Waals surface area contributed by atoms with Gasteiger partial charge in [0, 0.05) is 23.4 Å². The first kappa shape index (κ1) is 35.7. The summed E-state index contributed by atoms with van der Waals surface area (Å²) in [6.07, 6.45) is -6.36. The van der Waals surface area contributed by atoms with Crippen molar-refractivity contribution < 1.29 is 41.4 Å². The summed E-state index contributed by atoms with van der Waals surface area (Å²) in [4.78, 5) is 29.0. The number of piperidine rings is 1. The number of halogens is 4. The first-order valence-corrected chi connectivity index (χ1v) is 16.2. The number of rotatable bonds is 12. The summed E-state index contributed by atoms with van der Waals surface area (Å²) in [6.45, 7) is 5.77. The third kappa shape index (κ3) is 7.83. The van der Waals surface area contributed by atoms with E-state index < -0.39 is 36.1 Å². The molecule has 0 radical (unpaired) electrons. The van der Waals surface area contributed by atoms with Gasteiger partial charge in [0.2, 0.25) is 0 Å². The van der Waals surface area contributed by atoms with Crippen LogP contribution in [0.1, 0.15) is 55.7 Å². The molecule has 2 aliphatic heterocycles. The van der Waals surface area contributed by atoms with Gasteiger partial charge in [-0.2, -0.15) is 17.6 Å². The maximum Gasteiger partial charge on any atom is 0.461 e. The molecule has 1 saturated heterocycles. The van der Waals surface area contributed by atoms with Crippen LogP contribution in [0.2, 0.25) is 0 Å². The number of benzene rings is 3. The highest BCUT2D eigenvalue weighted by atomic mass is 19.3. The van der Waals surface area contributed by atoms with Gasteiger partial charge in [0.25, 0.3) is 0 Å². The van der Waals surface area contributed by atoms with Crippen molar-refractivity contribution >= 4 is 11.9 Å². The lowest BCUT2D eigenvalue weighted by Gasteiger charge is -2.43. The lowest BCUT2D eigenvalue weighted by molar-refractivity contribution is -0.253. The van der Waals surface area contributed by atoms with E-state index in [0.29, 0.717) is 24.4 Å². The summed E-state index contributed by atoms with van der Waals surface area (Å²) in [5.41, 5.74) is 3.57. The Morgan fingerprint density at radius 2 is 1.45 bits per heavy atom. The van der Waals surface area contributed by atoms with Crippen molar-refractivity contribution in [1.29, 1.82) is 0 Å². The molecule has 2 aliphatic rings. The van der Waals surface area contributed by atoms with Gasteiger partial charge in [-0.15, -0.1) is 0 Å². The molecule has 5 rings (SSSR count). The summed E-state index contributed by atoms with van der Waals surface area (Å²) < 4.78 is 68.2. The normalized spacial score (nSPS) is 18.2. The fourth-order valence-electron chi connectivity index (χ4n) is 6.89. The number of hydrogen-bond donors (Lipinski definition) is 1. The molecule has 49 heavy (non-hydrogen) atoms. The van der Waals surface area contributed by atoms with E-state index >= 15 is 0 Å². The molecule has 1 atom stereocenters. The Hall–Kier alpha value is -4.64. The number of alkyl halides is 4. The maximum atomic E-state index is 13.7. The Bertz CT molecular complexity index is 1640. The number of nitrogens with zero attached hydrogens (tertiary/aromatic N) is 1. The van der Waals surface area contributed by atoms with Gasteiger partial charge in [0.1, 0.15) is 5.75 Å². The standard InChI is InChI=1S/C38H40F4N2O5/c1-25-31(34(45)47-3)33(27-12-10-17-30(24-27)49-38(41,42)36(39)40)32(26(2)43-25)35(46)48-23-11-20-44-21-18-37(19-22-44,28-13-6-4-7-14-28)29-15-8-5-9-16-29/h4-10,12-17,24,33,36,43H,11,18-23H2,1-3H3. The number of hydrogen-bond acceptors (Lipinski definition) is 7. The quantitative estimate of drug-likeness (QED) is 0.122. The number of methoxy groups -OCH3 is 1. The van der Waals surface area contributed by atoms with E-state index in [0.717, 1.165) is 38.1 Å². The lowest BCUT2D eigenvalue weighted by Crippen LogP contribution is -2.43. The van der Waals surface area contributed by atoms with Gasteiger partial charge in [-0.3, -0.25) is 0 Å². The van der Waals surface area contributed by atoms with Crippen LogP contribution in [0.4, 0.5) is 17.6 Å². The number of likely N-dealkylation sites (tertiary alicyclic amines) is 1. The smallest absolute Gasteiger partial charge is 0.461 e. The molecule has 260 valence electrons. The zero-order valence-corrected chi connectivity index (χ0v) is 27.7. The summed E-state index contributed by atoms with van der Waals surface area (Å²) in [5.74, 6) is -3.13. The van der Waals surface area contributed by atoms with E-state index in [2.05, 4.69) is 63.5 Å². The van der Waals surface area contributed by atoms with Crippen LogP contribution in [0.25, 0.3) is 0 Å². The Balaban J connectivity index is 1.27. The van der Waals surface area contributed by atoms with Crippen LogP contribution in [0.5, 0.6) is 5.75 Å². The van der Waals surface area contributed by atoms with Crippen molar-refractivity contribution in [2.24, 2.45) is 0 Å². The summed E-state index contributed by atoms with van der Waals surface area (Å²) in [7, 11) is 1.18. The van der Waals surface area contributed by atoms with Crippen LogP contribution < -0.4 is 10.1 Å². The van der Waals surface area contributed by atoms with E-state index in [4.69, 9.17) is 9.47 Å². The van der Waals surface area contributed by atoms with Gasteiger partial charge in [-0.25, -0.2) is 9.59 Å². The highest BCUT2D eigenvalue weighted by molar-refractivity contribution is 5.99. The number of allylic oxidation sites excluding steroid dienone is 2. The van der Waals surface area contributed by atoms with Crippen LogP contribution in [-0.4, -0.2) is 62.7 Å². The van der Waals surface area contributed by atoms with E-state index in [1.807, 2.05) is 12.1 Å². The van der Waals surface area contributed by atoms with Crippen molar-refractivity contribution in [3.05, 3.63) is 124 Å². The highest BCUT2D eigenvalue weighted by Gasteiger charge is 2.44. The summed E-state index contributed by atoms with van der Waals surface area (Å²) in [6, 6.07) is 26.1. The molecule has 2 heterocycles. The van der Waals surface area contributed by atoms with E-state index in [-0.39, 0.29) is 28.7 Å². The minimum atomic E-state index is -4.74. The molecule has 3 aromatic carbocycles. The van der Waals surface area contributed by atoms with Crippen LogP contribution in [0, 0.1) is 0 Å². The average Bonchev–Trinajstić information content (AvgIpc) is 3.10. The lowest BCUT2D eigenvalue weighted by atomic mass is 9.68. The number of nitrogens with one attached hydrogen (secondary N) is 1. The molecule has 0 spiro atoms. The Morgan fingerprint density at radius 3 is 2.00 bits per heavy atom. The average molecular weight is 681 g/mol.